The number of hydrogen-bond acceptors (Lipinski definition) is 4. The average molecular weight is 544 g/mol. The molecule has 0 radical (unpaired) electrons. The molecule has 2 heterocycles. The normalized spacial score (nSPS) is 19.6. The van der Waals surface area contributed by atoms with Crippen molar-refractivity contribution in [2.75, 3.05) is 24.6 Å². The number of rotatable bonds is 7. The van der Waals surface area contributed by atoms with E-state index in [1.807, 2.05) is 40.1 Å². The minimum absolute atomic E-state index is 0.0130. The predicted molar refractivity (Wildman–Crippen MR) is 154 cm³/mol. The molecule has 0 spiro atoms. The van der Waals surface area contributed by atoms with Gasteiger partial charge in [0.1, 0.15) is 0 Å². The molecule has 0 N–H and O–H groups in total. The van der Waals surface area contributed by atoms with Gasteiger partial charge >= 0.3 is 0 Å². The summed E-state index contributed by atoms with van der Waals surface area (Å²) in [5, 5.41) is 0. The maximum atomic E-state index is 13.9. The highest BCUT2D eigenvalue weighted by molar-refractivity contribution is 5.92. The summed E-state index contributed by atoms with van der Waals surface area (Å²) < 4.78 is 19.5. The van der Waals surface area contributed by atoms with Crippen LogP contribution in [-0.4, -0.2) is 53.4 Å². The Kier molecular flexibility index (Phi) is 9.12. The van der Waals surface area contributed by atoms with Crippen molar-refractivity contribution in [1.29, 1.82) is 0 Å². The zero-order valence-corrected chi connectivity index (χ0v) is 23.2. The van der Waals surface area contributed by atoms with Gasteiger partial charge in [0, 0.05) is 57.3 Å². The summed E-state index contributed by atoms with van der Waals surface area (Å²) in [7, 11) is 0. The first-order valence-corrected chi connectivity index (χ1v) is 14.3. The van der Waals surface area contributed by atoms with Crippen LogP contribution in [0.2, 0.25) is 0 Å². The fourth-order valence-corrected chi connectivity index (χ4v) is 6.05. The molecule has 0 unspecified atom stereocenters. The van der Waals surface area contributed by atoms with E-state index in [0.29, 0.717) is 38.5 Å². The number of amides is 2. The van der Waals surface area contributed by atoms with E-state index in [1.54, 1.807) is 25.1 Å². The number of carbonyl (C=O) groups is 2. The molecular weight excluding hydrogens is 505 g/mol. The Morgan fingerprint density at radius 1 is 0.900 bits per heavy atom. The quantitative estimate of drug-likeness (QED) is 0.354. The first kappa shape index (κ1) is 27.8. The molecule has 1 fully saturated rings. The van der Waals surface area contributed by atoms with Crippen LogP contribution in [0.25, 0.3) is 0 Å². The van der Waals surface area contributed by atoms with Crippen LogP contribution in [0.3, 0.4) is 0 Å². The van der Waals surface area contributed by atoms with Crippen LogP contribution in [-0.2, 0) is 22.7 Å². The number of fused-ring (bicyclic) bond motifs is 3. The lowest BCUT2D eigenvalue weighted by Crippen LogP contribution is -2.45. The number of para-hydroxylation sites is 2. The molecule has 1 saturated heterocycles. The number of carbonyl (C=O) groups excluding carboxylic acids is 2. The summed E-state index contributed by atoms with van der Waals surface area (Å²) in [6.45, 7) is 4.42. The third-order valence-electron chi connectivity index (χ3n) is 8.10. The molecule has 3 aromatic rings. The molecule has 0 saturated carbocycles. The lowest BCUT2D eigenvalue weighted by Gasteiger charge is -2.34. The molecule has 2 aliphatic rings. The molecule has 2 atom stereocenters. The molecule has 2 bridgehead atoms. The molecule has 3 aromatic carbocycles. The van der Waals surface area contributed by atoms with Crippen molar-refractivity contribution in [3.05, 3.63) is 95.8 Å². The molecular formula is C33H38FN3O3. The Bertz CT molecular complexity index is 1300. The van der Waals surface area contributed by atoms with Gasteiger partial charge in [-0.05, 0) is 55.0 Å². The topological polar surface area (TPSA) is 53.1 Å². The van der Waals surface area contributed by atoms with Gasteiger partial charge in [0.25, 0.3) is 0 Å². The summed E-state index contributed by atoms with van der Waals surface area (Å²) in [6.07, 6.45) is 3.75. The Morgan fingerprint density at radius 2 is 1.62 bits per heavy atom. The summed E-state index contributed by atoms with van der Waals surface area (Å²) in [5.74, 6) is -0.137. The third-order valence-corrected chi connectivity index (χ3v) is 8.10. The van der Waals surface area contributed by atoms with E-state index >= 15 is 0 Å². The van der Waals surface area contributed by atoms with Gasteiger partial charge in [0.2, 0.25) is 11.8 Å². The van der Waals surface area contributed by atoms with Crippen LogP contribution in [0.15, 0.2) is 78.9 Å². The van der Waals surface area contributed by atoms with Gasteiger partial charge in [-0.25, -0.2) is 4.39 Å². The van der Waals surface area contributed by atoms with E-state index in [9.17, 15) is 14.0 Å². The van der Waals surface area contributed by atoms with Gasteiger partial charge in [-0.15, -0.1) is 0 Å². The van der Waals surface area contributed by atoms with E-state index in [2.05, 4.69) is 29.2 Å². The fourth-order valence-electron chi connectivity index (χ4n) is 6.05. The number of hydrogen-bond donors (Lipinski definition) is 0. The standard InChI is InChI=1S/C33H38FN3O3/c1-25(38)36-20-19-28-17-18-29(37(28)22-26-10-3-2-4-11-26)24-35(23-27-12-5-7-14-31(27)36)33(39)16-9-21-40-32-15-8-6-13-30(32)34/h2-8,10-15,28-29H,9,16-24H2,1H3/t28-,29+/m0/s1. The number of nitrogens with zero attached hydrogens (tertiary/aromatic N) is 3. The van der Waals surface area contributed by atoms with Crippen LogP contribution in [0.4, 0.5) is 10.1 Å². The van der Waals surface area contributed by atoms with Gasteiger partial charge < -0.3 is 14.5 Å². The van der Waals surface area contributed by atoms with Crippen LogP contribution in [0.5, 0.6) is 5.75 Å². The third kappa shape index (κ3) is 6.70. The maximum absolute atomic E-state index is 13.9. The molecule has 40 heavy (non-hydrogen) atoms. The average Bonchev–Trinajstić information content (AvgIpc) is 3.31. The van der Waals surface area contributed by atoms with Crippen LogP contribution in [0, 0.1) is 5.82 Å². The van der Waals surface area contributed by atoms with Gasteiger partial charge in [-0.2, -0.15) is 0 Å². The summed E-state index contributed by atoms with van der Waals surface area (Å²) in [6, 6.07) is 25.3. The minimum atomic E-state index is -0.401. The highest BCUT2D eigenvalue weighted by Gasteiger charge is 2.36. The Labute approximate surface area is 236 Å². The van der Waals surface area contributed by atoms with Crippen molar-refractivity contribution in [3.63, 3.8) is 0 Å². The molecule has 0 aromatic heterocycles. The molecule has 6 nitrogen and oxygen atoms in total. The van der Waals surface area contributed by atoms with Crippen molar-refractivity contribution < 1.29 is 18.7 Å². The highest BCUT2D eigenvalue weighted by atomic mass is 19.1. The second kappa shape index (κ2) is 13.1. The lowest BCUT2D eigenvalue weighted by molar-refractivity contribution is -0.133. The highest BCUT2D eigenvalue weighted by Crippen LogP contribution is 2.33. The fraction of sp³-hybridized carbons (Fsp3) is 0.394. The summed E-state index contributed by atoms with van der Waals surface area (Å²) >= 11 is 0. The van der Waals surface area contributed by atoms with Crippen molar-refractivity contribution in [1.82, 2.24) is 9.80 Å². The molecule has 0 aliphatic carbocycles. The van der Waals surface area contributed by atoms with Gasteiger partial charge in [0.05, 0.1) is 6.61 Å². The number of benzene rings is 3. The second-order valence-electron chi connectivity index (χ2n) is 10.8. The van der Waals surface area contributed by atoms with Gasteiger partial charge in [-0.1, -0.05) is 60.7 Å². The van der Waals surface area contributed by atoms with Crippen molar-refractivity contribution in [2.24, 2.45) is 0 Å². The van der Waals surface area contributed by atoms with Crippen molar-refractivity contribution in [2.45, 2.75) is 64.2 Å². The first-order chi connectivity index (χ1) is 19.5. The SMILES string of the molecule is CC(=O)N1CC[C@@H]2CC[C@H](CN(C(=O)CCCOc3ccccc3F)Cc3ccccc31)N2Cc1ccccc1. The van der Waals surface area contributed by atoms with Crippen molar-refractivity contribution >= 4 is 17.5 Å². The van der Waals surface area contributed by atoms with Crippen LogP contribution in [0.1, 0.15) is 50.2 Å². The zero-order chi connectivity index (χ0) is 27.9. The minimum Gasteiger partial charge on any atom is -0.491 e. The summed E-state index contributed by atoms with van der Waals surface area (Å²) in [4.78, 5) is 32.9. The van der Waals surface area contributed by atoms with E-state index in [4.69, 9.17) is 4.74 Å². The van der Waals surface area contributed by atoms with Crippen LogP contribution < -0.4 is 9.64 Å². The van der Waals surface area contributed by atoms with Gasteiger partial charge in [-0.3, -0.25) is 14.5 Å². The second-order valence-corrected chi connectivity index (χ2v) is 10.8. The van der Waals surface area contributed by atoms with E-state index < -0.39 is 5.82 Å². The number of ether oxygens (including phenoxy) is 1. The Morgan fingerprint density at radius 3 is 2.42 bits per heavy atom. The Hall–Kier alpha value is -3.71. The van der Waals surface area contributed by atoms with Gasteiger partial charge in [0.15, 0.2) is 11.6 Å². The molecule has 7 heteroatoms. The summed E-state index contributed by atoms with van der Waals surface area (Å²) in [5.41, 5.74) is 3.10. The Balaban J connectivity index is 1.37. The lowest BCUT2D eigenvalue weighted by atomic mass is 10.1. The molecule has 5 rings (SSSR count). The van der Waals surface area contributed by atoms with E-state index in [0.717, 1.165) is 37.1 Å². The smallest absolute Gasteiger partial charge is 0.223 e. The monoisotopic (exact) mass is 543 g/mol. The van der Waals surface area contributed by atoms with Crippen LogP contribution >= 0.6 is 0 Å². The maximum Gasteiger partial charge on any atom is 0.223 e. The first-order valence-electron chi connectivity index (χ1n) is 14.3. The van der Waals surface area contributed by atoms with E-state index in [-0.39, 0.29) is 30.2 Å². The molecule has 2 amide bonds. The largest absolute Gasteiger partial charge is 0.491 e. The number of anilines is 1. The zero-order valence-electron chi connectivity index (χ0n) is 23.2. The predicted octanol–water partition coefficient (Wildman–Crippen LogP) is 5.80. The number of halogens is 1. The van der Waals surface area contributed by atoms with Crippen molar-refractivity contribution in [3.8, 4) is 5.75 Å². The molecule has 210 valence electrons. The van der Waals surface area contributed by atoms with E-state index in [1.165, 1.54) is 11.6 Å². The molecule has 2 aliphatic heterocycles.